The molecule has 7 nitrogen and oxygen atoms in total. The van der Waals surface area contributed by atoms with Gasteiger partial charge in [-0.1, -0.05) is 24.6 Å². The van der Waals surface area contributed by atoms with Crippen LogP contribution in [0.3, 0.4) is 0 Å². The number of rotatable bonds is 6. The van der Waals surface area contributed by atoms with E-state index in [1.165, 1.54) is 30.8 Å². The molecule has 1 aliphatic carbocycles. The number of thioether (sulfide) groups is 1. The first-order valence-corrected chi connectivity index (χ1v) is 8.66. The van der Waals surface area contributed by atoms with E-state index < -0.39 is 5.97 Å². The molecule has 0 aromatic carbocycles. The lowest BCUT2D eigenvalue weighted by molar-refractivity contribution is -0.120. The number of nitrogen functional groups attached to an aromatic ring is 1. The third kappa shape index (κ3) is 4.82. The molecule has 23 heavy (non-hydrogen) atoms. The number of anilines is 1. The Balaban J connectivity index is 1.95. The van der Waals surface area contributed by atoms with Crippen LogP contribution in [-0.2, 0) is 9.53 Å². The lowest BCUT2D eigenvalue weighted by Gasteiger charge is -2.16. The van der Waals surface area contributed by atoms with Crippen LogP contribution < -0.4 is 11.1 Å². The number of aromatic nitrogens is 2. The number of ether oxygens (including phenoxy) is 1. The molecule has 0 aliphatic heterocycles. The summed E-state index contributed by atoms with van der Waals surface area (Å²) in [6.45, 7) is 3.77. The van der Waals surface area contributed by atoms with Crippen molar-refractivity contribution in [3.8, 4) is 0 Å². The molecule has 0 saturated heterocycles. The van der Waals surface area contributed by atoms with Gasteiger partial charge in [-0.2, -0.15) is 0 Å². The van der Waals surface area contributed by atoms with Crippen LogP contribution in [0.25, 0.3) is 0 Å². The molecule has 0 bridgehead atoms. The summed E-state index contributed by atoms with van der Waals surface area (Å²) in [5.41, 5.74) is 5.91. The molecule has 1 aliphatic rings. The first-order valence-electron chi connectivity index (χ1n) is 7.78. The fourth-order valence-electron chi connectivity index (χ4n) is 2.40. The first-order chi connectivity index (χ1) is 11.0. The molecular formula is C15H22N4O3S. The molecule has 1 amide bonds. The summed E-state index contributed by atoms with van der Waals surface area (Å²) in [4.78, 5) is 32.0. The second-order valence-corrected chi connectivity index (χ2v) is 6.73. The number of carbonyl (C=O) groups excluding carboxylic acids is 2. The average Bonchev–Trinajstić information content (AvgIpc) is 3.00. The van der Waals surface area contributed by atoms with Crippen LogP contribution in [-0.4, -0.2) is 39.7 Å². The van der Waals surface area contributed by atoms with Gasteiger partial charge in [-0.3, -0.25) is 4.79 Å². The van der Waals surface area contributed by atoms with Crippen LogP contribution in [0.5, 0.6) is 0 Å². The van der Waals surface area contributed by atoms with Crippen molar-refractivity contribution in [2.45, 2.75) is 56.0 Å². The Morgan fingerprint density at radius 2 is 2.17 bits per heavy atom. The zero-order chi connectivity index (χ0) is 16.8. The maximum Gasteiger partial charge on any atom is 0.343 e. The smallest absolute Gasteiger partial charge is 0.343 e. The van der Waals surface area contributed by atoms with Crippen molar-refractivity contribution in [2.75, 3.05) is 12.3 Å². The normalized spacial score (nSPS) is 16.1. The summed E-state index contributed by atoms with van der Waals surface area (Å²) >= 11 is 1.22. The van der Waals surface area contributed by atoms with Crippen molar-refractivity contribution in [3.05, 3.63) is 11.8 Å². The molecule has 1 saturated carbocycles. The van der Waals surface area contributed by atoms with Gasteiger partial charge >= 0.3 is 5.97 Å². The molecule has 126 valence electrons. The van der Waals surface area contributed by atoms with Crippen LogP contribution in [0.2, 0.25) is 0 Å². The third-order valence-electron chi connectivity index (χ3n) is 3.64. The number of esters is 1. The topological polar surface area (TPSA) is 107 Å². The molecule has 3 N–H and O–H groups in total. The van der Waals surface area contributed by atoms with Crippen molar-refractivity contribution in [1.82, 2.24) is 15.3 Å². The van der Waals surface area contributed by atoms with Gasteiger partial charge in [-0.25, -0.2) is 14.8 Å². The van der Waals surface area contributed by atoms with Gasteiger partial charge in [0, 0.05) is 12.2 Å². The van der Waals surface area contributed by atoms with Gasteiger partial charge in [0.25, 0.3) is 0 Å². The summed E-state index contributed by atoms with van der Waals surface area (Å²) in [5, 5.41) is 3.07. The lowest BCUT2D eigenvalue weighted by Crippen LogP contribution is -2.37. The molecule has 8 heteroatoms. The summed E-state index contributed by atoms with van der Waals surface area (Å²) in [6.07, 6.45) is 5.76. The fraction of sp³-hybridized carbons (Fsp3) is 0.600. The Morgan fingerprint density at radius 1 is 1.48 bits per heavy atom. The van der Waals surface area contributed by atoms with E-state index in [-0.39, 0.29) is 35.2 Å². The van der Waals surface area contributed by atoms with Crippen LogP contribution in [0.1, 0.15) is 49.9 Å². The van der Waals surface area contributed by atoms with E-state index in [1.54, 1.807) is 13.8 Å². The quantitative estimate of drug-likeness (QED) is 0.462. The molecule has 1 aromatic rings. The highest BCUT2D eigenvalue weighted by molar-refractivity contribution is 8.00. The van der Waals surface area contributed by atoms with Crippen molar-refractivity contribution < 1.29 is 14.3 Å². The van der Waals surface area contributed by atoms with Crippen molar-refractivity contribution >= 4 is 29.5 Å². The molecule has 2 rings (SSSR count). The minimum absolute atomic E-state index is 0.0291. The van der Waals surface area contributed by atoms with E-state index in [0.29, 0.717) is 5.16 Å². The van der Waals surface area contributed by atoms with Gasteiger partial charge in [-0.15, -0.1) is 0 Å². The fourth-order valence-corrected chi connectivity index (χ4v) is 3.16. The molecule has 0 radical (unpaired) electrons. The Bertz CT molecular complexity index is 576. The molecule has 1 atom stereocenters. The van der Waals surface area contributed by atoms with Gasteiger partial charge in [0.15, 0.2) is 5.16 Å². The molecule has 1 fully saturated rings. The van der Waals surface area contributed by atoms with Crippen molar-refractivity contribution in [1.29, 1.82) is 0 Å². The number of amides is 1. The minimum atomic E-state index is -0.548. The highest BCUT2D eigenvalue weighted by Gasteiger charge is 2.22. The van der Waals surface area contributed by atoms with Crippen LogP contribution >= 0.6 is 11.8 Å². The summed E-state index contributed by atoms with van der Waals surface area (Å²) in [7, 11) is 0. The number of nitrogens with two attached hydrogens (primary N) is 1. The highest BCUT2D eigenvalue weighted by atomic mass is 32.2. The minimum Gasteiger partial charge on any atom is -0.462 e. The monoisotopic (exact) mass is 338 g/mol. The van der Waals surface area contributed by atoms with Gasteiger partial charge in [0.2, 0.25) is 5.91 Å². The van der Waals surface area contributed by atoms with Gasteiger partial charge in [0.05, 0.1) is 11.9 Å². The van der Waals surface area contributed by atoms with Gasteiger partial charge in [-0.05, 0) is 26.7 Å². The Kier molecular flexibility index (Phi) is 6.20. The maximum absolute atomic E-state index is 12.2. The summed E-state index contributed by atoms with van der Waals surface area (Å²) < 4.78 is 4.87. The predicted molar refractivity (Wildman–Crippen MR) is 88.1 cm³/mol. The first kappa shape index (κ1) is 17.5. The summed E-state index contributed by atoms with van der Waals surface area (Å²) in [5.74, 6) is -0.517. The summed E-state index contributed by atoms with van der Waals surface area (Å²) in [6, 6.07) is 0.280. The van der Waals surface area contributed by atoms with E-state index in [2.05, 4.69) is 15.3 Å². The Labute approximate surface area is 139 Å². The standard InChI is InChI=1S/C15H22N4O3S/c1-3-22-14(21)11-8-17-15(19-12(11)16)23-9(2)13(20)18-10-6-4-5-7-10/h8-10H,3-7H2,1-2H3,(H,18,20)(H2,16,17,19)/t9-/m1/s1. The third-order valence-corrected chi connectivity index (χ3v) is 4.62. The molecule has 1 aromatic heterocycles. The van der Waals surface area contributed by atoms with Crippen molar-refractivity contribution in [2.24, 2.45) is 0 Å². The second kappa shape index (κ2) is 8.14. The van der Waals surface area contributed by atoms with Gasteiger partial charge < -0.3 is 15.8 Å². The lowest BCUT2D eigenvalue weighted by atomic mass is 10.2. The number of carbonyl (C=O) groups is 2. The number of nitrogens with zero attached hydrogens (tertiary/aromatic N) is 2. The van der Waals surface area contributed by atoms with E-state index in [0.717, 1.165) is 12.8 Å². The zero-order valence-electron chi connectivity index (χ0n) is 13.4. The van der Waals surface area contributed by atoms with E-state index >= 15 is 0 Å². The molecular weight excluding hydrogens is 316 g/mol. The van der Waals surface area contributed by atoms with E-state index in [9.17, 15) is 9.59 Å². The van der Waals surface area contributed by atoms with Crippen molar-refractivity contribution in [3.63, 3.8) is 0 Å². The second-order valence-electron chi connectivity index (χ2n) is 5.42. The number of hydrogen-bond donors (Lipinski definition) is 2. The Morgan fingerprint density at radius 3 is 2.78 bits per heavy atom. The molecule has 0 unspecified atom stereocenters. The number of hydrogen-bond acceptors (Lipinski definition) is 7. The maximum atomic E-state index is 12.2. The highest BCUT2D eigenvalue weighted by Crippen LogP contribution is 2.23. The zero-order valence-corrected chi connectivity index (χ0v) is 14.2. The number of nitrogens with one attached hydrogen (secondary N) is 1. The predicted octanol–water partition coefficient (Wildman–Crippen LogP) is 1.77. The molecule has 1 heterocycles. The van der Waals surface area contributed by atoms with E-state index in [4.69, 9.17) is 10.5 Å². The van der Waals surface area contributed by atoms with Crippen LogP contribution in [0.15, 0.2) is 11.4 Å². The Hall–Kier alpha value is -1.83. The average molecular weight is 338 g/mol. The van der Waals surface area contributed by atoms with E-state index in [1.807, 2.05) is 0 Å². The van der Waals surface area contributed by atoms with Crippen LogP contribution in [0.4, 0.5) is 5.82 Å². The largest absolute Gasteiger partial charge is 0.462 e. The van der Waals surface area contributed by atoms with Crippen LogP contribution in [0, 0.1) is 0 Å². The van der Waals surface area contributed by atoms with Gasteiger partial charge in [0.1, 0.15) is 11.4 Å². The SMILES string of the molecule is CCOC(=O)c1cnc(S[C@H](C)C(=O)NC2CCCC2)nc1N. The molecule has 0 spiro atoms.